The first kappa shape index (κ1) is 32.8. The lowest BCUT2D eigenvalue weighted by atomic mass is 9.92. The molecule has 246 valence electrons. The SMILES string of the molecule is O=C(O)CCC(NS(=O)(=O)N[C@H]1CC2=C(c3ccn(C(F)F)n3)[C@H](c3ccc(F)cc3Cl)N=C(c3nccs3)N2C1)c1ccccn1. The molecule has 0 radical (unpaired) electrons. The zero-order valence-corrected chi connectivity index (χ0v) is 26.6. The van der Waals surface area contributed by atoms with Crippen LogP contribution in [0.25, 0.3) is 5.57 Å². The minimum Gasteiger partial charge on any atom is -0.481 e. The Morgan fingerprint density at radius 1 is 1.17 bits per heavy atom. The number of hydrogen-bond donors (Lipinski definition) is 3. The van der Waals surface area contributed by atoms with Gasteiger partial charge in [0, 0.05) is 71.3 Å². The minimum absolute atomic E-state index is 0.0485. The molecule has 6 rings (SSSR count). The Kier molecular flexibility index (Phi) is 9.43. The van der Waals surface area contributed by atoms with Crippen LogP contribution in [0.3, 0.4) is 0 Å². The Morgan fingerprint density at radius 3 is 2.66 bits per heavy atom. The molecule has 47 heavy (non-hydrogen) atoms. The van der Waals surface area contributed by atoms with Gasteiger partial charge in [0.1, 0.15) is 11.9 Å². The molecule has 5 heterocycles. The highest BCUT2D eigenvalue weighted by Gasteiger charge is 2.42. The molecule has 1 unspecified atom stereocenters. The Bertz CT molecular complexity index is 1940. The number of carboxylic acids is 1. The van der Waals surface area contributed by atoms with Gasteiger partial charge in [-0.2, -0.15) is 31.7 Å². The average Bonchev–Trinajstić information content (AvgIpc) is 3.80. The quantitative estimate of drug-likeness (QED) is 0.187. The summed E-state index contributed by atoms with van der Waals surface area (Å²) in [6.45, 7) is -2.83. The second-order valence-corrected chi connectivity index (χ2v) is 13.4. The van der Waals surface area contributed by atoms with E-state index in [0.717, 1.165) is 12.3 Å². The predicted molar refractivity (Wildman–Crippen MR) is 167 cm³/mol. The van der Waals surface area contributed by atoms with Gasteiger partial charge in [-0.15, -0.1) is 11.3 Å². The van der Waals surface area contributed by atoms with Gasteiger partial charge in [-0.25, -0.2) is 14.1 Å². The van der Waals surface area contributed by atoms with Crippen molar-refractivity contribution in [1.82, 2.24) is 34.1 Å². The number of pyridine rings is 1. The van der Waals surface area contributed by atoms with E-state index in [1.807, 2.05) is 0 Å². The largest absolute Gasteiger partial charge is 0.481 e. The summed E-state index contributed by atoms with van der Waals surface area (Å²) >= 11 is 7.79. The van der Waals surface area contributed by atoms with Crippen LogP contribution in [0.1, 0.15) is 59.9 Å². The molecule has 4 aromatic rings. The van der Waals surface area contributed by atoms with E-state index in [-0.39, 0.29) is 36.5 Å². The summed E-state index contributed by atoms with van der Waals surface area (Å²) in [5, 5.41) is 15.6. The number of nitrogens with one attached hydrogen (secondary N) is 2. The van der Waals surface area contributed by atoms with Crippen LogP contribution >= 0.6 is 22.9 Å². The van der Waals surface area contributed by atoms with Gasteiger partial charge in [-0.3, -0.25) is 14.8 Å². The van der Waals surface area contributed by atoms with Crippen LogP contribution in [-0.2, 0) is 15.0 Å². The van der Waals surface area contributed by atoms with Gasteiger partial charge in [-0.05, 0) is 36.8 Å². The predicted octanol–water partition coefficient (Wildman–Crippen LogP) is 4.94. The van der Waals surface area contributed by atoms with Crippen molar-refractivity contribution in [2.75, 3.05) is 6.54 Å². The molecule has 1 fully saturated rings. The van der Waals surface area contributed by atoms with E-state index in [0.29, 0.717) is 38.1 Å². The number of carboxylic acid groups (broad SMARTS) is 1. The molecule has 2 aliphatic heterocycles. The van der Waals surface area contributed by atoms with Crippen molar-refractivity contribution >= 4 is 50.5 Å². The maximum atomic E-state index is 14.1. The summed E-state index contributed by atoms with van der Waals surface area (Å²) in [7, 11) is -4.26. The highest BCUT2D eigenvalue weighted by molar-refractivity contribution is 7.87. The molecule has 0 bridgehead atoms. The van der Waals surface area contributed by atoms with Crippen molar-refractivity contribution in [3.05, 3.63) is 105 Å². The number of thiazole rings is 1. The molecule has 3 atom stereocenters. The molecule has 3 N–H and O–H groups in total. The Morgan fingerprint density at radius 2 is 2.00 bits per heavy atom. The summed E-state index contributed by atoms with van der Waals surface area (Å²) in [5.74, 6) is -1.28. The second-order valence-electron chi connectivity index (χ2n) is 10.7. The lowest BCUT2D eigenvalue weighted by molar-refractivity contribution is -0.137. The third-order valence-corrected chi connectivity index (χ3v) is 9.87. The Balaban J connectivity index is 1.39. The van der Waals surface area contributed by atoms with Crippen molar-refractivity contribution in [3.8, 4) is 0 Å². The molecule has 0 spiro atoms. The summed E-state index contributed by atoms with van der Waals surface area (Å²) in [5.41, 5.74) is 1.82. The van der Waals surface area contributed by atoms with Crippen LogP contribution in [-0.4, -0.2) is 62.6 Å². The maximum Gasteiger partial charge on any atom is 0.333 e. The number of benzene rings is 1. The Labute approximate surface area is 275 Å². The van der Waals surface area contributed by atoms with Crippen LogP contribution < -0.4 is 9.44 Å². The van der Waals surface area contributed by atoms with Crippen molar-refractivity contribution < 1.29 is 31.5 Å². The van der Waals surface area contributed by atoms with Gasteiger partial charge in [0.2, 0.25) is 0 Å². The number of aromatic nitrogens is 4. The average molecular weight is 707 g/mol. The highest BCUT2D eigenvalue weighted by Crippen LogP contribution is 2.46. The second kappa shape index (κ2) is 13.5. The van der Waals surface area contributed by atoms with Crippen LogP contribution in [0, 0.1) is 5.82 Å². The number of carbonyl (C=O) groups is 1. The van der Waals surface area contributed by atoms with E-state index in [9.17, 15) is 31.5 Å². The number of halogens is 4. The third-order valence-electron chi connectivity index (χ3n) is 7.54. The van der Waals surface area contributed by atoms with E-state index < -0.39 is 46.7 Å². The monoisotopic (exact) mass is 706 g/mol. The molecule has 12 nitrogen and oxygen atoms in total. The summed E-state index contributed by atoms with van der Waals surface area (Å²) in [6.07, 6.45) is 3.92. The topological polar surface area (TPSA) is 155 Å². The minimum atomic E-state index is -4.26. The lowest BCUT2D eigenvalue weighted by Crippen LogP contribution is -2.45. The van der Waals surface area contributed by atoms with Gasteiger partial charge < -0.3 is 10.0 Å². The number of alkyl halides is 2. The van der Waals surface area contributed by atoms with Crippen molar-refractivity contribution in [2.45, 2.75) is 43.9 Å². The first-order valence-electron chi connectivity index (χ1n) is 14.2. The van der Waals surface area contributed by atoms with Gasteiger partial charge in [0.15, 0.2) is 10.8 Å². The molecular formula is C29H26ClF3N8O4S2. The number of amidine groups is 1. The molecule has 1 aromatic carbocycles. The summed E-state index contributed by atoms with van der Waals surface area (Å²) in [4.78, 5) is 26.6. The zero-order chi connectivity index (χ0) is 33.3. The maximum absolute atomic E-state index is 14.1. The van der Waals surface area contributed by atoms with E-state index in [2.05, 4.69) is 24.5 Å². The van der Waals surface area contributed by atoms with Crippen LogP contribution in [0.2, 0.25) is 5.02 Å². The molecule has 0 aliphatic carbocycles. The van der Waals surface area contributed by atoms with Gasteiger partial charge >= 0.3 is 12.5 Å². The number of aliphatic imine (C=N–C) groups is 1. The van der Waals surface area contributed by atoms with E-state index in [1.54, 1.807) is 34.7 Å². The number of fused-ring (bicyclic) bond motifs is 1. The molecule has 0 saturated carbocycles. The third kappa shape index (κ3) is 7.23. The van der Waals surface area contributed by atoms with E-state index in [4.69, 9.17) is 16.6 Å². The first-order valence-corrected chi connectivity index (χ1v) is 16.9. The summed E-state index contributed by atoms with van der Waals surface area (Å²) < 4.78 is 74.0. The fourth-order valence-electron chi connectivity index (χ4n) is 5.59. The fraction of sp³-hybridized carbons (Fsp3) is 0.276. The first-order chi connectivity index (χ1) is 22.5. The van der Waals surface area contributed by atoms with Crippen molar-refractivity contribution in [3.63, 3.8) is 0 Å². The number of rotatable bonds is 12. The lowest BCUT2D eigenvalue weighted by Gasteiger charge is -2.32. The smallest absolute Gasteiger partial charge is 0.333 e. The molecular weight excluding hydrogens is 681 g/mol. The molecule has 1 saturated heterocycles. The van der Waals surface area contributed by atoms with Crippen molar-refractivity contribution in [1.29, 1.82) is 0 Å². The molecule has 3 aromatic heterocycles. The zero-order valence-electron chi connectivity index (χ0n) is 24.2. The van der Waals surface area contributed by atoms with Crippen LogP contribution in [0.15, 0.2) is 77.1 Å². The van der Waals surface area contributed by atoms with E-state index >= 15 is 0 Å². The fourth-order valence-corrected chi connectivity index (χ4v) is 7.78. The molecule has 18 heteroatoms. The number of hydrogen-bond acceptors (Lipinski definition) is 9. The molecule has 0 amide bonds. The highest BCUT2D eigenvalue weighted by atomic mass is 35.5. The van der Waals surface area contributed by atoms with Crippen molar-refractivity contribution in [2.24, 2.45) is 4.99 Å². The normalized spacial score (nSPS) is 18.8. The van der Waals surface area contributed by atoms with Gasteiger partial charge in [0.05, 0.1) is 17.4 Å². The Hall–Kier alpha value is -4.16. The summed E-state index contributed by atoms with van der Waals surface area (Å²) in [6, 6.07) is 7.51. The van der Waals surface area contributed by atoms with Crippen LogP contribution in [0.4, 0.5) is 13.2 Å². The standard InChI is InChI=1S/C29H26ClF3N8O4S2/c30-19-13-16(31)4-5-18(19)26-25(22-8-11-41(37-22)29(32)33)23-14-17(15-40(23)27(36-26)28-35-10-12-46-28)38-47(44,45)39-21(6-7-24(42)43)20-3-1-2-9-34-20/h1-5,8-13,17,21,26,29,38-39H,6-7,14-15H2,(H,42,43)/t17-,21?,26-/m0/s1. The van der Waals surface area contributed by atoms with Gasteiger partial charge in [0.25, 0.3) is 10.2 Å². The van der Waals surface area contributed by atoms with Gasteiger partial charge in [-0.1, -0.05) is 23.7 Å². The number of aliphatic carboxylic acids is 1. The van der Waals surface area contributed by atoms with E-state index in [1.165, 1.54) is 35.7 Å². The molecule has 2 aliphatic rings. The number of nitrogens with zero attached hydrogens (tertiary/aromatic N) is 6. The van der Waals surface area contributed by atoms with Crippen LogP contribution in [0.5, 0.6) is 0 Å².